The van der Waals surface area contributed by atoms with Gasteiger partial charge in [0.2, 0.25) is 0 Å². The smallest absolute Gasteiger partial charge is 0.0312 e. The Morgan fingerprint density at radius 2 is 1.00 bits per heavy atom. The van der Waals surface area contributed by atoms with Crippen molar-refractivity contribution in [3.8, 4) is 0 Å². The van der Waals surface area contributed by atoms with Gasteiger partial charge in [-0.3, -0.25) is 0 Å². The molecule has 4 fully saturated rings. The Morgan fingerprint density at radius 3 is 1.47 bits per heavy atom. The van der Waals surface area contributed by atoms with Crippen LogP contribution in [0.25, 0.3) is 0 Å². The maximum atomic E-state index is 2.31. The number of hydrogen-bond donors (Lipinski definition) is 0. The molecule has 0 N–H and O–H groups in total. The SMILES string of the molecule is C[C@H]([C]1[CH][CH][CH][CH]1)N(C)C.C[C@H]([C]1[CH][CH][CH][C]1[Se][Se][C]1[CH][CH][CH][CH]1)N(C)C.[CH]1[CH][CH][CH][CH]1.[Fe+2].[Fe+2]. The summed E-state index contributed by atoms with van der Waals surface area (Å²) < 4.78 is 0. The predicted molar refractivity (Wildman–Crippen MR) is 140 cm³/mol. The molecule has 4 aliphatic carbocycles. The third-order valence-corrected chi connectivity index (χ3v) is 12.7. The summed E-state index contributed by atoms with van der Waals surface area (Å²) in [6.45, 7) is 4.49. The first-order valence-corrected chi connectivity index (χ1v) is 17.0. The molecule has 6 heteroatoms. The third kappa shape index (κ3) is 13.7. The van der Waals surface area contributed by atoms with Crippen LogP contribution in [0.3, 0.4) is 0 Å². The van der Waals surface area contributed by atoms with E-state index in [9.17, 15) is 0 Å². The molecule has 182 valence electrons. The van der Waals surface area contributed by atoms with Crippen LogP contribution in [0.5, 0.6) is 0 Å². The molecule has 2 atom stereocenters. The molecule has 34 heavy (non-hydrogen) atoms. The molecule has 0 amide bonds. The van der Waals surface area contributed by atoms with Gasteiger partial charge in [0.15, 0.2) is 0 Å². The summed E-state index contributed by atoms with van der Waals surface area (Å²) in [5, 5.41) is 0. The minimum Gasteiger partial charge on any atom is -0.0312 e. The molecule has 2 nitrogen and oxygen atoms in total. The Labute approximate surface area is 246 Å². The van der Waals surface area contributed by atoms with Crippen molar-refractivity contribution in [3.05, 3.63) is 124 Å². The fourth-order valence-corrected chi connectivity index (χ4v) is 9.74. The van der Waals surface area contributed by atoms with Gasteiger partial charge < -0.3 is 4.90 Å². The first kappa shape index (κ1) is 36.0. The fourth-order valence-electron chi connectivity index (χ4n) is 2.91. The van der Waals surface area contributed by atoms with Crippen LogP contribution >= 0.6 is 0 Å². The van der Waals surface area contributed by atoms with Crippen LogP contribution in [0, 0.1) is 124 Å². The molecule has 0 spiro atoms. The van der Waals surface area contributed by atoms with Gasteiger partial charge in [0.05, 0.1) is 0 Å². The Hall–Kier alpha value is 2.00. The molecule has 4 aliphatic rings. The number of hydrogen-bond acceptors (Lipinski definition) is 2. The third-order valence-electron chi connectivity index (χ3n) is 5.39. The van der Waals surface area contributed by atoms with Crippen molar-refractivity contribution in [2.45, 2.75) is 25.9 Å². The van der Waals surface area contributed by atoms with Gasteiger partial charge in [-0.1, -0.05) is 0 Å². The van der Waals surface area contributed by atoms with E-state index in [1.165, 1.54) is 16.7 Å². The van der Waals surface area contributed by atoms with E-state index in [1.54, 1.807) is 4.82 Å². The second-order valence-corrected chi connectivity index (χ2v) is 14.3. The first-order chi connectivity index (χ1) is 15.4. The molecule has 0 unspecified atom stereocenters. The zero-order chi connectivity index (χ0) is 23.3. The van der Waals surface area contributed by atoms with Gasteiger partial charge in [0.25, 0.3) is 0 Å². The summed E-state index contributed by atoms with van der Waals surface area (Å²) in [6, 6.07) is 1.06. The van der Waals surface area contributed by atoms with E-state index < -0.39 is 0 Å². The van der Waals surface area contributed by atoms with E-state index in [-0.39, 0.29) is 34.1 Å². The van der Waals surface area contributed by atoms with E-state index in [4.69, 9.17) is 0 Å². The Bertz CT molecular complexity index is 458. The second-order valence-electron chi connectivity index (χ2n) is 8.09. The Balaban J connectivity index is 0.000000544. The molecule has 0 aromatic rings. The van der Waals surface area contributed by atoms with Crippen LogP contribution < -0.4 is 0 Å². The van der Waals surface area contributed by atoms with Crippen LogP contribution in [0.15, 0.2) is 0 Å². The van der Waals surface area contributed by atoms with Gasteiger partial charge >= 0.3 is 153 Å². The van der Waals surface area contributed by atoms with Crippen molar-refractivity contribution < 1.29 is 34.1 Å². The van der Waals surface area contributed by atoms with Crippen LogP contribution in [0.2, 0.25) is 0 Å². The molecular weight excluding hydrogens is 634 g/mol. The molecule has 20 radical (unpaired) electrons. The quantitative estimate of drug-likeness (QED) is 0.382. The molecule has 0 bridgehead atoms. The van der Waals surface area contributed by atoms with Crippen molar-refractivity contribution in [2.75, 3.05) is 28.2 Å². The van der Waals surface area contributed by atoms with Gasteiger partial charge in [0, 0.05) is 12.0 Å². The van der Waals surface area contributed by atoms with Crippen LogP contribution in [0.1, 0.15) is 13.8 Å². The Morgan fingerprint density at radius 1 is 0.529 bits per heavy atom. The first-order valence-electron chi connectivity index (χ1n) is 10.9. The van der Waals surface area contributed by atoms with Crippen molar-refractivity contribution >= 4 is 26.3 Å². The summed E-state index contributed by atoms with van der Waals surface area (Å²) in [5.74, 6) is 2.91. The zero-order valence-corrected chi connectivity index (χ0v) is 26.4. The van der Waals surface area contributed by atoms with Crippen molar-refractivity contribution in [2.24, 2.45) is 0 Å². The summed E-state index contributed by atoms with van der Waals surface area (Å²) >= 11 is 1.25. The summed E-state index contributed by atoms with van der Waals surface area (Å²) in [7, 11) is 8.49. The minimum absolute atomic E-state index is 0. The number of nitrogens with zero attached hydrogens (tertiary/aromatic N) is 2. The van der Waals surface area contributed by atoms with E-state index in [2.05, 4.69) is 122 Å². The summed E-state index contributed by atoms with van der Waals surface area (Å²) in [5.41, 5.74) is 0. The van der Waals surface area contributed by atoms with Gasteiger partial charge in [-0.2, -0.15) is 0 Å². The summed E-state index contributed by atoms with van der Waals surface area (Å²) in [4.78, 5) is 7.60. The van der Waals surface area contributed by atoms with E-state index >= 15 is 0 Å². The molecule has 0 aromatic carbocycles. The van der Waals surface area contributed by atoms with Crippen LogP contribution in [-0.2, 0) is 34.1 Å². The maximum Gasteiger partial charge on any atom is 2.00 e. The molecular formula is C28H36Fe2N2Se2+4. The van der Waals surface area contributed by atoms with Crippen LogP contribution in [-0.4, -0.2) is 76.3 Å². The van der Waals surface area contributed by atoms with Crippen molar-refractivity contribution in [1.82, 2.24) is 9.80 Å². The van der Waals surface area contributed by atoms with E-state index in [1.807, 2.05) is 32.1 Å². The average molecular weight is 670 g/mol. The Kier molecular flexibility index (Phi) is 22.1. The van der Waals surface area contributed by atoms with Gasteiger partial charge in [-0.25, -0.2) is 0 Å². The van der Waals surface area contributed by atoms with Crippen LogP contribution in [0.4, 0.5) is 0 Å². The average Bonchev–Trinajstić information content (AvgIpc) is 3.61. The molecule has 0 aromatic heterocycles. The summed E-state index contributed by atoms with van der Waals surface area (Å²) in [6.07, 6.45) is 34.0. The molecule has 0 aliphatic heterocycles. The van der Waals surface area contributed by atoms with E-state index in [0.717, 1.165) is 0 Å². The largest absolute Gasteiger partial charge is 2.00 e. The molecule has 0 saturated heterocycles. The molecule has 4 rings (SSSR count). The standard InChI is InChI=1S/C14H17NSe2.C9H14N.C5H5.2Fe/c1-11(15(2)3)13-9-6-10-14(13)17-16-12-7-4-5-8-12;1-8(10(2)3)9-6-4-5-7-9;1-2-4-5-3-1;;/h4-11H,1-3H3;4-8H,1-3H3;1-5H;;/q;;;2*+2/t11-;8-;;;/m11.../s1. The molecule has 4 saturated carbocycles. The van der Waals surface area contributed by atoms with E-state index in [0.29, 0.717) is 38.3 Å². The monoisotopic (exact) mass is 672 g/mol. The predicted octanol–water partition coefficient (Wildman–Crippen LogP) is 3.71. The number of rotatable bonds is 7. The van der Waals surface area contributed by atoms with Gasteiger partial charge in [0.1, 0.15) is 0 Å². The normalized spacial score (nSPS) is 23.6. The van der Waals surface area contributed by atoms with Crippen molar-refractivity contribution in [3.63, 3.8) is 0 Å². The fraction of sp³-hybridized carbons (Fsp3) is 0.286. The van der Waals surface area contributed by atoms with Crippen molar-refractivity contribution in [1.29, 1.82) is 0 Å². The topological polar surface area (TPSA) is 6.48 Å². The minimum atomic E-state index is 0. The van der Waals surface area contributed by atoms with Gasteiger partial charge in [-0.05, 0) is 78.8 Å². The maximum absolute atomic E-state index is 2.31. The van der Waals surface area contributed by atoms with Gasteiger partial charge in [-0.15, -0.1) is 0 Å². The zero-order valence-electron chi connectivity index (χ0n) is 20.8. The molecule has 0 heterocycles. The second kappa shape index (κ2) is 20.9.